The summed E-state index contributed by atoms with van der Waals surface area (Å²) in [5.74, 6) is 0.436. The predicted molar refractivity (Wildman–Crippen MR) is 112 cm³/mol. The number of hydrogen-bond donors (Lipinski definition) is 0. The van der Waals surface area contributed by atoms with Gasteiger partial charge in [-0.05, 0) is 82.8 Å². The van der Waals surface area contributed by atoms with Crippen LogP contribution in [0.1, 0.15) is 75.6 Å². The normalized spacial score (nSPS) is 18.0. The van der Waals surface area contributed by atoms with Crippen molar-refractivity contribution in [2.24, 2.45) is 0 Å². The summed E-state index contributed by atoms with van der Waals surface area (Å²) in [6, 6.07) is 4.66. The van der Waals surface area contributed by atoms with E-state index in [0.29, 0.717) is 5.92 Å². The van der Waals surface area contributed by atoms with Crippen LogP contribution in [0.5, 0.6) is 0 Å². The van der Waals surface area contributed by atoms with Gasteiger partial charge in [-0.25, -0.2) is 4.79 Å². The summed E-state index contributed by atoms with van der Waals surface area (Å²) in [5, 5.41) is 0. The van der Waals surface area contributed by atoms with Gasteiger partial charge in [-0.2, -0.15) is 0 Å². The van der Waals surface area contributed by atoms with E-state index in [0.717, 1.165) is 19.6 Å². The number of ether oxygens (including phenoxy) is 1. The Kier molecular flexibility index (Phi) is 7.32. The van der Waals surface area contributed by atoms with Gasteiger partial charge in [0.2, 0.25) is 0 Å². The molecule has 4 heteroatoms. The highest BCUT2D eigenvalue weighted by Crippen LogP contribution is 2.31. The molecule has 0 radical (unpaired) electrons. The van der Waals surface area contributed by atoms with Crippen LogP contribution in [0.25, 0.3) is 0 Å². The molecule has 1 amide bonds. The highest BCUT2D eigenvalue weighted by Gasteiger charge is 2.34. The first-order valence-electron chi connectivity index (χ1n) is 10.5. The lowest BCUT2D eigenvalue weighted by Gasteiger charge is -2.40. The standard InChI is InChI=1S/C21H32N2O2.C2H6/c1-15-10-17(11-16(2)19(15)14-22-8-6-7-9-22)18-12-23(13-18)20(24)25-21(3,4)5;1-2/h10-11,18H,6-9,12-14H2,1-5H3;1-2H3. The lowest BCUT2D eigenvalue weighted by atomic mass is 9.87. The average Bonchev–Trinajstić information content (AvgIpc) is 3.03. The SMILES string of the molecule is CC.Cc1cc(C2CN(C(=O)OC(C)(C)C)C2)cc(C)c1CN1CCCC1. The first-order valence-corrected chi connectivity index (χ1v) is 10.5. The Labute approximate surface area is 165 Å². The molecule has 0 spiro atoms. The van der Waals surface area contributed by atoms with E-state index in [2.05, 4.69) is 30.9 Å². The molecule has 0 saturated carbocycles. The molecule has 4 nitrogen and oxygen atoms in total. The van der Waals surface area contributed by atoms with Crippen molar-refractivity contribution < 1.29 is 9.53 Å². The van der Waals surface area contributed by atoms with Crippen molar-refractivity contribution in [2.75, 3.05) is 26.2 Å². The Morgan fingerprint density at radius 3 is 2.07 bits per heavy atom. The third-order valence-electron chi connectivity index (χ3n) is 5.30. The van der Waals surface area contributed by atoms with E-state index < -0.39 is 5.60 Å². The monoisotopic (exact) mass is 374 g/mol. The van der Waals surface area contributed by atoms with Crippen molar-refractivity contribution in [3.63, 3.8) is 0 Å². The van der Waals surface area contributed by atoms with E-state index in [1.165, 1.54) is 48.2 Å². The van der Waals surface area contributed by atoms with Crippen molar-refractivity contribution in [2.45, 2.75) is 79.4 Å². The molecule has 0 aliphatic carbocycles. The molecule has 3 rings (SSSR count). The van der Waals surface area contributed by atoms with E-state index in [9.17, 15) is 4.79 Å². The third-order valence-corrected chi connectivity index (χ3v) is 5.30. The van der Waals surface area contributed by atoms with E-state index >= 15 is 0 Å². The zero-order chi connectivity index (χ0) is 20.2. The first-order chi connectivity index (χ1) is 12.7. The van der Waals surface area contributed by atoms with E-state index in [1.807, 2.05) is 34.6 Å². The number of carbonyl (C=O) groups is 1. The maximum Gasteiger partial charge on any atom is 0.410 e. The first kappa shape index (κ1) is 21.7. The van der Waals surface area contributed by atoms with Gasteiger partial charge in [0.1, 0.15) is 5.60 Å². The lowest BCUT2D eigenvalue weighted by molar-refractivity contribution is 0.00819. The molecule has 1 aromatic rings. The van der Waals surface area contributed by atoms with E-state index in [-0.39, 0.29) is 6.09 Å². The Bertz CT molecular complexity index is 613. The van der Waals surface area contributed by atoms with Gasteiger partial charge in [0.15, 0.2) is 0 Å². The molecule has 2 saturated heterocycles. The van der Waals surface area contributed by atoms with Crippen LogP contribution >= 0.6 is 0 Å². The molecular weight excluding hydrogens is 336 g/mol. The van der Waals surface area contributed by atoms with Crippen molar-refractivity contribution in [1.82, 2.24) is 9.80 Å². The van der Waals surface area contributed by atoms with Crippen molar-refractivity contribution >= 4 is 6.09 Å². The maximum atomic E-state index is 12.1. The smallest absolute Gasteiger partial charge is 0.410 e. The van der Waals surface area contributed by atoms with Crippen molar-refractivity contribution in [3.8, 4) is 0 Å². The second-order valence-electron chi connectivity index (χ2n) is 8.70. The molecule has 0 unspecified atom stereocenters. The summed E-state index contributed by atoms with van der Waals surface area (Å²) >= 11 is 0. The van der Waals surface area contributed by atoms with Crippen LogP contribution in [0, 0.1) is 13.8 Å². The van der Waals surface area contributed by atoms with Crippen LogP contribution < -0.4 is 0 Å². The number of nitrogens with zero attached hydrogens (tertiary/aromatic N) is 2. The van der Waals surface area contributed by atoms with Crippen LogP contribution in [0.3, 0.4) is 0 Å². The molecule has 0 atom stereocenters. The molecule has 1 aromatic carbocycles. The van der Waals surface area contributed by atoms with Crippen LogP contribution in [0.15, 0.2) is 12.1 Å². The summed E-state index contributed by atoms with van der Waals surface area (Å²) in [6.07, 6.45) is 2.47. The second-order valence-corrected chi connectivity index (χ2v) is 8.70. The van der Waals surface area contributed by atoms with Gasteiger partial charge in [0, 0.05) is 25.6 Å². The summed E-state index contributed by atoms with van der Waals surface area (Å²) < 4.78 is 5.45. The van der Waals surface area contributed by atoms with Crippen molar-refractivity contribution in [3.05, 3.63) is 34.4 Å². The molecule has 2 aliphatic heterocycles. The van der Waals surface area contributed by atoms with Crippen LogP contribution in [-0.2, 0) is 11.3 Å². The van der Waals surface area contributed by atoms with Gasteiger partial charge in [-0.15, -0.1) is 0 Å². The minimum atomic E-state index is -0.424. The highest BCUT2D eigenvalue weighted by molar-refractivity contribution is 5.69. The summed E-state index contributed by atoms with van der Waals surface area (Å²) in [5.41, 5.74) is 5.19. The minimum absolute atomic E-state index is 0.192. The molecular formula is C23H38N2O2. The van der Waals surface area contributed by atoms with Crippen molar-refractivity contribution in [1.29, 1.82) is 0 Å². The van der Waals surface area contributed by atoms with Gasteiger partial charge < -0.3 is 9.64 Å². The Morgan fingerprint density at radius 2 is 1.59 bits per heavy atom. The number of benzene rings is 1. The zero-order valence-corrected chi connectivity index (χ0v) is 18.4. The summed E-state index contributed by atoms with van der Waals surface area (Å²) in [4.78, 5) is 16.5. The topological polar surface area (TPSA) is 32.8 Å². The van der Waals surface area contributed by atoms with Gasteiger partial charge in [-0.3, -0.25) is 4.90 Å². The fourth-order valence-electron chi connectivity index (χ4n) is 3.84. The number of likely N-dealkylation sites (tertiary alicyclic amines) is 2. The largest absolute Gasteiger partial charge is 0.444 e. The number of hydrogen-bond acceptors (Lipinski definition) is 3. The zero-order valence-electron chi connectivity index (χ0n) is 18.4. The molecule has 0 aromatic heterocycles. The quantitative estimate of drug-likeness (QED) is 0.723. The Hall–Kier alpha value is -1.55. The van der Waals surface area contributed by atoms with Crippen LogP contribution in [-0.4, -0.2) is 47.7 Å². The van der Waals surface area contributed by atoms with E-state index in [4.69, 9.17) is 4.74 Å². The molecule has 27 heavy (non-hydrogen) atoms. The third kappa shape index (κ3) is 5.71. The van der Waals surface area contributed by atoms with E-state index in [1.54, 1.807) is 4.90 Å². The Balaban J connectivity index is 0.00000126. The second kappa shape index (κ2) is 9.09. The molecule has 2 fully saturated rings. The van der Waals surface area contributed by atoms with Gasteiger partial charge in [0.05, 0.1) is 0 Å². The summed E-state index contributed by atoms with van der Waals surface area (Å²) in [7, 11) is 0. The predicted octanol–water partition coefficient (Wildman–Crippen LogP) is 5.26. The molecule has 0 N–H and O–H groups in total. The van der Waals surface area contributed by atoms with Gasteiger partial charge in [0.25, 0.3) is 0 Å². The van der Waals surface area contributed by atoms with Crippen LogP contribution in [0.4, 0.5) is 4.79 Å². The fourth-order valence-corrected chi connectivity index (χ4v) is 3.84. The van der Waals surface area contributed by atoms with Gasteiger partial charge >= 0.3 is 6.09 Å². The minimum Gasteiger partial charge on any atom is -0.444 e. The highest BCUT2D eigenvalue weighted by atomic mass is 16.6. The summed E-state index contributed by atoms with van der Waals surface area (Å²) in [6.45, 7) is 19.3. The molecule has 2 aliphatic rings. The number of carbonyl (C=O) groups excluding carboxylic acids is 1. The molecule has 2 heterocycles. The van der Waals surface area contributed by atoms with Gasteiger partial charge in [-0.1, -0.05) is 26.0 Å². The molecule has 152 valence electrons. The average molecular weight is 375 g/mol. The fraction of sp³-hybridized carbons (Fsp3) is 0.696. The lowest BCUT2D eigenvalue weighted by Crippen LogP contribution is -2.50. The number of rotatable bonds is 3. The number of amides is 1. The number of aryl methyl sites for hydroxylation is 2. The Morgan fingerprint density at radius 1 is 1.07 bits per heavy atom. The van der Waals surface area contributed by atoms with Crippen LogP contribution in [0.2, 0.25) is 0 Å². The molecule has 0 bridgehead atoms. The maximum absolute atomic E-state index is 12.1.